The monoisotopic (exact) mass is 482 g/mol. The number of amides is 2. The molecule has 35 heavy (non-hydrogen) atoms. The number of benzene rings is 1. The summed E-state index contributed by atoms with van der Waals surface area (Å²) in [5, 5.41) is 2.37. The Labute approximate surface area is 208 Å². The van der Waals surface area contributed by atoms with Crippen LogP contribution in [0.3, 0.4) is 0 Å². The van der Waals surface area contributed by atoms with Crippen LogP contribution < -0.4 is 11.0 Å². The van der Waals surface area contributed by atoms with Gasteiger partial charge < -0.3 is 4.90 Å². The molecule has 2 aliphatic heterocycles. The van der Waals surface area contributed by atoms with Crippen molar-refractivity contribution in [3.63, 3.8) is 0 Å². The Bertz CT molecular complexity index is 1090. The normalized spacial score (nSPS) is 22.7. The average Bonchev–Trinajstić information content (AvgIpc) is 3.10. The molecule has 5 rings (SSSR count). The quantitative estimate of drug-likeness (QED) is 0.652. The summed E-state index contributed by atoms with van der Waals surface area (Å²) in [5.41, 5.74) is 2.71. The summed E-state index contributed by atoms with van der Waals surface area (Å²) >= 11 is 0. The molecule has 1 atom stereocenters. The molecule has 1 aromatic heterocycles. The molecule has 3 aliphatic rings. The number of piperidine rings is 2. The second-order valence-corrected chi connectivity index (χ2v) is 10.7. The van der Waals surface area contributed by atoms with E-state index in [1.165, 1.54) is 50.6 Å². The number of likely N-dealkylation sites (tertiary alicyclic amines) is 1. The van der Waals surface area contributed by atoms with Crippen molar-refractivity contribution >= 4 is 22.8 Å². The van der Waals surface area contributed by atoms with Crippen LogP contribution in [0.15, 0.2) is 23.0 Å². The highest BCUT2D eigenvalue weighted by atomic mass is 16.2. The number of aryl methyl sites for hydroxylation is 1. The summed E-state index contributed by atoms with van der Waals surface area (Å²) in [6.07, 6.45) is 11.2. The Kier molecular flexibility index (Phi) is 8.47. The van der Waals surface area contributed by atoms with Crippen molar-refractivity contribution in [3.8, 4) is 0 Å². The van der Waals surface area contributed by atoms with E-state index in [0.717, 1.165) is 42.9 Å². The number of carbonyl (C=O) groups is 2. The third-order valence-corrected chi connectivity index (χ3v) is 7.94. The number of imidazole rings is 1. The van der Waals surface area contributed by atoms with Crippen molar-refractivity contribution in [2.45, 2.75) is 90.0 Å². The molecule has 3 heterocycles. The number of rotatable bonds is 4. The molecule has 1 aromatic carbocycles. The van der Waals surface area contributed by atoms with Gasteiger partial charge in [0.15, 0.2) is 0 Å². The Morgan fingerprint density at radius 1 is 0.914 bits per heavy atom. The fourth-order valence-corrected chi connectivity index (χ4v) is 6.05. The number of nitrogens with one attached hydrogen (secondary N) is 1. The lowest BCUT2D eigenvalue weighted by Gasteiger charge is -2.35. The van der Waals surface area contributed by atoms with Gasteiger partial charge in [-0.1, -0.05) is 45.6 Å². The number of fused-ring (bicyclic) bond motifs is 1. The van der Waals surface area contributed by atoms with Gasteiger partial charge in [0, 0.05) is 20.0 Å². The highest BCUT2D eigenvalue weighted by molar-refractivity contribution is 6.00. The maximum atomic E-state index is 13.0. The zero-order chi connectivity index (χ0) is 24.9. The second-order valence-electron chi connectivity index (χ2n) is 10.7. The van der Waals surface area contributed by atoms with E-state index < -0.39 is 6.04 Å². The second kappa shape index (κ2) is 11.5. The Morgan fingerprint density at radius 3 is 2.26 bits per heavy atom. The zero-order valence-corrected chi connectivity index (χ0v) is 21.7. The van der Waals surface area contributed by atoms with Gasteiger partial charge in [0.2, 0.25) is 11.8 Å². The minimum absolute atomic E-state index is 0.200. The lowest BCUT2D eigenvalue weighted by Crippen LogP contribution is -2.44. The van der Waals surface area contributed by atoms with Gasteiger partial charge >= 0.3 is 5.69 Å². The molecule has 3 fully saturated rings. The van der Waals surface area contributed by atoms with Crippen molar-refractivity contribution in [1.29, 1.82) is 0 Å². The fourth-order valence-electron chi connectivity index (χ4n) is 6.05. The van der Waals surface area contributed by atoms with Crippen molar-refractivity contribution in [2.75, 3.05) is 19.6 Å². The molecule has 1 saturated carbocycles. The number of carbonyl (C=O) groups excluding carboxylic acids is 2. The van der Waals surface area contributed by atoms with Crippen LogP contribution in [-0.2, 0) is 16.6 Å². The summed E-state index contributed by atoms with van der Waals surface area (Å²) in [4.78, 5) is 39.6. The topological polar surface area (TPSA) is 76.3 Å². The molecular formula is C28H42N4O3. The molecule has 0 bridgehead atoms. The first-order valence-corrected chi connectivity index (χ1v) is 13.7. The Balaban J connectivity index is 0.000000917. The van der Waals surface area contributed by atoms with Gasteiger partial charge in [0.05, 0.1) is 11.0 Å². The maximum Gasteiger partial charge on any atom is 0.329 e. The molecular weight excluding hydrogens is 440 g/mol. The summed E-state index contributed by atoms with van der Waals surface area (Å²) in [6.45, 7) is 7.81. The highest BCUT2D eigenvalue weighted by Crippen LogP contribution is 2.32. The van der Waals surface area contributed by atoms with Gasteiger partial charge in [-0.05, 0) is 74.7 Å². The molecule has 192 valence electrons. The van der Waals surface area contributed by atoms with Crippen molar-refractivity contribution in [3.05, 3.63) is 34.2 Å². The van der Waals surface area contributed by atoms with Gasteiger partial charge in [-0.25, -0.2) is 4.79 Å². The lowest BCUT2D eigenvalue weighted by molar-refractivity contribution is -0.135. The maximum absolute atomic E-state index is 13.0. The summed E-state index contributed by atoms with van der Waals surface area (Å²) in [7, 11) is 1.77. The predicted molar refractivity (Wildman–Crippen MR) is 140 cm³/mol. The van der Waals surface area contributed by atoms with Crippen LogP contribution in [0.5, 0.6) is 0 Å². The van der Waals surface area contributed by atoms with Crippen molar-refractivity contribution < 1.29 is 9.59 Å². The van der Waals surface area contributed by atoms with E-state index in [0.29, 0.717) is 12.3 Å². The number of nitrogens with zero attached hydrogens (tertiary/aromatic N) is 3. The summed E-state index contributed by atoms with van der Waals surface area (Å²) in [6, 6.07) is 5.63. The molecule has 0 spiro atoms. The number of hydrogen-bond acceptors (Lipinski definition) is 4. The van der Waals surface area contributed by atoms with E-state index in [1.807, 2.05) is 6.07 Å². The average molecular weight is 483 g/mol. The first-order valence-electron chi connectivity index (χ1n) is 13.7. The largest absolute Gasteiger partial charge is 0.329 e. The van der Waals surface area contributed by atoms with Crippen LogP contribution in [-0.4, -0.2) is 45.5 Å². The predicted octanol–water partition coefficient (Wildman–Crippen LogP) is 4.49. The summed E-state index contributed by atoms with van der Waals surface area (Å²) < 4.78 is 3.20. The molecule has 7 nitrogen and oxygen atoms in total. The molecule has 1 N–H and O–H groups in total. The third kappa shape index (κ3) is 5.71. The van der Waals surface area contributed by atoms with E-state index in [1.54, 1.807) is 16.2 Å². The first-order chi connectivity index (χ1) is 16.9. The van der Waals surface area contributed by atoms with Gasteiger partial charge in [0.1, 0.15) is 6.04 Å². The van der Waals surface area contributed by atoms with Crippen LogP contribution >= 0.6 is 0 Å². The van der Waals surface area contributed by atoms with Crippen LogP contribution in [0.1, 0.15) is 95.6 Å². The van der Waals surface area contributed by atoms with Gasteiger partial charge in [0.25, 0.3) is 0 Å². The molecule has 2 saturated heterocycles. The van der Waals surface area contributed by atoms with E-state index in [4.69, 9.17) is 0 Å². The SMILES string of the molecule is CCC.Cn1c(=O)n(C2CCC(=O)NC2=O)c2ccc(C3CCN(CC4CCCCC4)CC3)cc21. The number of hydrogen-bond donors (Lipinski definition) is 1. The van der Waals surface area contributed by atoms with E-state index in [9.17, 15) is 14.4 Å². The van der Waals surface area contributed by atoms with Crippen molar-refractivity contribution in [2.24, 2.45) is 13.0 Å². The molecule has 1 aliphatic carbocycles. The highest BCUT2D eigenvalue weighted by Gasteiger charge is 2.31. The molecule has 0 radical (unpaired) electrons. The van der Waals surface area contributed by atoms with E-state index in [2.05, 4.69) is 36.2 Å². The minimum atomic E-state index is -0.627. The standard InChI is InChI=1S/C25H34N4O3.C3H8/c1-27-22-15-19(18-11-13-28(14-12-18)16-17-5-3-2-4-6-17)7-8-20(22)29(25(27)32)21-9-10-23(30)26-24(21)31;1-3-2/h7-8,15,17-18,21H,2-6,9-14,16H2,1H3,(H,26,30,31);3H2,1-2H3. The number of imide groups is 1. The van der Waals surface area contributed by atoms with Crippen LogP contribution in [0.2, 0.25) is 0 Å². The smallest absolute Gasteiger partial charge is 0.303 e. The minimum Gasteiger partial charge on any atom is -0.303 e. The van der Waals surface area contributed by atoms with E-state index in [-0.39, 0.29) is 23.9 Å². The molecule has 1 unspecified atom stereocenters. The van der Waals surface area contributed by atoms with Gasteiger partial charge in [-0.2, -0.15) is 0 Å². The van der Waals surface area contributed by atoms with Crippen LogP contribution in [0, 0.1) is 5.92 Å². The molecule has 7 heteroatoms. The van der Waals surface area contributed by atoms with Crippen LogP contribution in [0.4, 0.5) is 0 Å². The lowest BCUT2D eigenvalue weighted by atomic mass is 9.86. The Morgan fingerprint density at radius 2 is 1.60 bits per heavy atom. The summed E-state index contributed by atoms with van der Waals surface area (Å²) in [5.74, 6) is 0.746. The van der Waals surface area contributed by atoms with E-state index >= 15 is 0 Å². The van der Waals surface area contributed by atoms with Crippen molar-refractivity contribution in [1.82, 2.24) is 19.4 Å². The van der Waals surface area contributed by atoms with Gasteiger partial charge in [-0.3, -0.25) is 24.0 Å². The molecule has 2 aromatic rings. The zero-order valence-electron chi connectivity index (χ0n) is 21.7. The van der Waals surface area contributed by atoms with Crippen LogP contribution in [0.25, 0.3) is 11.0 Å². The fraction of sp³-hybridized carbons (Fsp3) is 0.679. The molecule has 2 amide bonds. The first kappa shape index (κ1) is 25.7. The number of aromatic nitrogens is 2. The van der Waals surface area contributed by atoms with Gasteiger partial charge in [-0.15, -0.1) is 0 Å². The Hall–Kier alpha value is -2.41. The third-order valence-electron chi connectivity index (χ3n) is 7.94.